The zero-order valence-corrected chi connectivity index (χ0v) is 17.4. The van der Waals surface area contributed by atoms with E-state index in [0.29, 0.717) is 23.7 Å². The molecule has 2 heterocycles. The van der Waals surface area contributed by atoms with Crippen molar-refractivity contribution in [3.05, 3.63) is 78.1 Å². The van der Waals surface area contributed by atoms with Crippen LogP contribution in [0.1, 0.15) is 28.8 Å². The van der Waals surface area contributed by atoms with Crippen molar-refractivity contribution in [3.63, 3.8) is 0 Å². The highest BCUT2D eigenvalue weighted by Gasteiger charge is 2.27. The molecule has 1 aromatic heterocycles. The van der Waals surface area contributed by atoms with E-state index in [0.717, 1.165) is 30.6 Å². The number of aromatic nitrogens is 2. The standard InChI is InChI=1S/C24H25N5O2/c1-17-7-4-9-19(15-17)27-23(31)20-10-2-3-11-21(20)28-22(30)18-8-5-14-29(16-18)24-25-12-6-13-26-24/h2-4,6-7,9-13,15,18H,5,8,14,16H2,1H3,(H,27,31)(H,28,30). The minimum atomic E-state index is -0.260. The van der Waals surface area contributed by atoms with E-state index in [1.54, 1.807) is 36.7 Å². The minimum absolute atomic E-state index is 0.101. The molecule has 7 heteroatoms. The molecule has 1 atom stereocenters. The van der Waals surface area contributed by atoms with Crippen molar-refractivity contribution in [1.82, 2.24) is 9.97 Å². The first-order chi connectivity index (χ1) is 15.1. The number of para-hydroxylation sites is 1. The van der Waals surface area contributed by atoms with Gasteiger partial charge in [-0.05, 0) is 55.7 Å². The summed E-state index contributed by atoms with van der Waals surface area (Å²) in [5.41, 5.74) is 2.71. The van der Waals surface area contributed by atoms with Crippen molar-refractivity contribution in [2.24, 2.45) is 5.92 Å². The molecule has 0 radical (unpaired) electrons. The molecular weight excluding hydrogens is 390 g/mol. The van der Waals surface area contributed by atoms with Gasteiger partial charge in [-0.15, -0.1) is 0 Å². The Morgan fingerprint density at radius 2 is 1.81 bits per heavy atom. The third-order valence-electron chi connectivity index (χ3n) is 5.33. The highest BCUT2D eigenvalue weighted by molar-refractivity contribution is 6.10. The number of nitrogens with zero attached hydrogens (tertiary/aromatic N) is 3. The summed E-state index contributed by atoms with van der Waals surface area (Å²) >= 11 is 0. The van der Waals surface area contributed by atoms with Gasteiger partial charge in [0, 0.05) is 31.2 Å². The molecule has 0 aliphatic carbocycles. The summed E-state index contributed by atoms with van der Waals surface area (Å²) in [6.07, 6.45) is 5.07. The van der Waals surface area contributed by atoms with Gasteiger partial charge in [-0.3, -0.25) is 9.59 Å². The summed E-state index contributed by atoms with van der Waals surface area (Å²) < 4.78 is 0. The van der Waals surface area contributed by atoms with E-state index in [4.69, 9.17) is 0 Å². The molecule has 2 N–H and O–H groups in total. The van der Waals surface area contributed by atoms with Crippen LogP contribution >= 0.6 is 0 Å². The molecule has 1 fully saturated rings. The quantitative estimate of drug-likeness (QED) is 0.660. The zero-order chi connectivity index (χ0) is 21.6. The number of amides is 2. The van der Waals surface area contributed by atoms with Gasteiger partial charge >= 0.3 is 0 Å². The molecule has 7 nitrogen and oxygen atoms in total. The molecule has 158 valence electrons. The van der Waals surface area contributed by atoms with Crippen molar-refractivity contribution in [1.29, 1.82) is 0 Å². The van der Waals surface area contributed by atoms with E-state index in [1.807, 2.05) is 42.2 Å². The number of anilines is 3. The molecule has 3 aromatic rings. The summed E-state index contributed by atoms with van der Waals surface area (Å²) in [6, 6.07) is 16.4. The summed E-state index contributed by atoms with van der Waals surface area (Å²) in [5.74, 6) is 0.0734. The third-order valence-corrected chi connectivity index (χ3v) is 5.33. The molecule has 1 saturated heterocycles. The molecule has 2 amide bonds. The molecule has 0 bridgehead atoms. The van der Waals surface area contributed by atoms with Gasteiger partial charge < -0.3 is 15.5 Å². The lowest BCUT2D eigenvalue weighted by Gasteiger charge is -2.32. The summed E-state index contributed by atoms with van der Waals surface area (Å²) in [5, 5.41) is 5.87. The maximum atomic E-state index is 13.0. The Morgan fingerprint density at radius 3 is 2.61 bits per heavy atom. The Hall–Kier alpha value is -3.74. The van der Waals surface area contributed by atoms with Crippen LogP contribution in [0.3, 0.4) is 0 Å². The van der Waals surface area contributed by atoms with E-state index in [1.165, 1.54) is 0 Å². The van der Waals surface area contributed by atoms with Gasteiger partial charge in [-0.2, -0.15) is 0 Å². The highest BCUT2D eigenvalue weighted by atomic mass is 16.2. The van der Waals surface area contributed by atoms with Crippen LogP contribution in [0.25, 0.3) is 0 Å². The van der Waals surface area contributed by atoms with Crippen molar-refractivity contribution in [3.8, 4) is 0 Å². The molecule has 4 rings (SSSR count). The fraction of sp³-hybridized carbons (Fsp3) is 0.250. The van der Waals surface area contributed by atoms with Crippen LogP contribution in [0.5, 0.6) is 0 Å². The number of carbonyl (C=O) groups excluding carboxylic acids is 2. The van der Waals surface area contributed by atoms with Crippen LogP contribution in [0, 0.1) is 12.8 Å². The second-order valence-electron chi connectivity index (χ2n) is 7.69. The molecule has 1 aliphatic heterocycles. The molecule has 31 heavy (non-hydrogen) atoms. The van der Waals surface area contributed by atoms with Crippen molar-refractivity contribution >= 4 is 29.1 Å². The number of aryl methyl sites for hydroxylation is 1. The predicted molar refractivity (Wildman–Crippen MR) is 121 cm³/mol. The van der Waals surface area contributed by atoms with E-state index >= 15 is 0 Å². The lowest BCUT2D eigenvalue weighted by Crippen LogP contribution is -2.41. The van der Waals surface area contributed by atoms with Crippen molar-refractivity contribution < 1.29 is 9.59 Å². The molecule has 1 unspecified atom stereocenters. The Bertz CT molecular complexity index is 1070. The number of piperidine rings is 1. The lowest BCUT2D eigenvalue weighted by molar-refractivity contribution is -0.120. The maximum Gasteiger partial charge on any atom is 0.257 e. The van der Waals surface area contributed by atoms with Gasteiger partial charge in [0.1, 0.15) is 0 Å². The number of rotatable bonds is 5. The Morgan fingerprint density at radius 1 is 1.00 bits per heavy atom. The van der Waals surface area contributed by atoms with E-state index < -0.39 is 0 Å². The molecule has 0 saturated carbocycles. The Kier molecular flexibility index (Phi) is 6.21. The van der Waals surface area contributed by atoms with Gasteiger partial charge in [0.05, 0.1) is 17.2 Å². The Labute approximate surface area is 181 Å². The first-order valence-corrected chi connectivity index (χ1v) is 10.4. The summed E-state index contributed by atoms with van der Waals surface area (Å²) in [6.45, 7) is 3.34. The highest BCUT2D eigenvalue weighted by Crippen LogP contribution is 2.23. The molecule has 0 spiro atoms. The lowest BCUT2D eigenvalue weighted by atomic mass is 9.97. The number of nitrogens with one attached hydrogen (secondary N) is 2. The van der Waals surface area contributed by atoms with Crippen molar-refractivity contribution in [2.75, 3.05) is 28.6 Å². The molecular formula is C24H25N5O2. The van der Waals surface area contributed by atoms with Gasteiger partial charge in [0.15, 0.2) is 0 Å². The summed E-state index contributed by atoms with van der Waals surface area (Å²) in [4.78, 5) is 36.5. The van der Waals surface area contributed by atoms with Crippen LogP contribution in [-0.2, 0) is 4.79 Å². The van der Waals surface area contributed by atoms with Gasteiger partial charge in [0.2, 0.25) is 11.9 Å². The minimum Gasteiger partial charge on any atom is -0.340 e. The first-order valence-electron chi connectivity index (χ1n) is 10.4. The fourth-order valence-corrected chi connectivity index (χ4v) is 3.77. The number of carbonyl (C=O) groups is 2. The van der Waals surface area contributed by atoms with Gasteiger partial charge in [-0.1, -0.05) is 24.3 Å². The predicted octanol–water partition coefficient (Wildman–Crippen LogP) is 3.89. The van der Waals surface area contributed by atoms with Gasteiger partial charge in [0.25, 0.3) is 5.91 Å². The van der Waals surface area contributed by atoms with Gasteiger partial charge in [-0.25, -0.2) is 9.97 Å². The SMILES string of the molecule is Cc1cccc(NC(=O)c2ccccc2NC(=O)C2CCCN(c3ncccn3)C2)c1. The second kappa shape index (κ2) is 9.38. The Balaban J connectivity index is 1.45. The van der Waals surface area contributed by atoms with E-state index in [-0.39, 0.29) is 17.7 Å². The third kappa shape index (κ3) is 5.06. The second-order valence-corrected chi connectivity index (χ2v) is 7.69. The summed E-state index contributed by atoms with van der Waals surface area (Å²) in [7, 11) is 0. The smallest absolute Gasteiger partial charge is 0.257 e. The largest absolute Gasteiger partial charge is 0.340 e. The molecule has 1 aliphatic rings. The monoisotopic (exact) mass is 415 g/mol. The van der Waals surface area contributed by atoms with Crippen molar-refractivity contribution in [2.45, 2.75) is 19.8 Å². The zero-order valence-electron chi connectivity index (χ0n) is 17.4. The topological polar surface area (TPSA) is 87.2 Å². The number of benzene rings is 2. The first kappa shape index (κ1) is 20.5. The van der Waals surface area contributed by atoms with Crippen LogP contribution in [-0.4, -0.2) is 34.9 Å². The average molecular weight is 415 g/mol. The molecule has 2 aromatic carbocycles. The van der Waals surface area contributed by atoms with E-state index in [9.17, 15) is 9.59 Å². The normalized spacial score (nSPS) is 15.9. The van der Waals surface area contributed by atoms with Crippen LogP contribution in [0.2, 0.25) is 0 Å². The van der Waals surface area contributed by atoms with Crippen LogP contribution < -0.4 is 15.5 Å². The van der Waals surface area contributed by atoms with E-state index in [2.05, 4.69) is 20.6 Å². The van der Waals surface area contributed by atoms with Crippen LogP contribution in [0.15, 0.2) is 67.0 Å². The maximum absolute atomic E-state index is 13.0. The van der Waals surface area contributed by atoms with Crippen LogP contribution in [0.4, 0.5) is 17.3 Å². The average Bonchev–Trinajstić information content (AvgIpc) is 2.80. The fourth-order valence-electron chi connectivity index (χ4n) is 3.77. The number of hydrogen-bond acceptors (Lipinski definition) is 5. The number of hydrogen-bond donors (Lipinski definition) is 2.